The van der Waals surface area contributed by atoms with Crippen molar-refractivity contribution < 1.29 is 9.47 Å². The molecule has 1 aromatic carbocycles. The van der Waals surface area contributed by atoms with Gasteiger partial charge in [0.1, 0.15) is 29.7 Å². The lowest BCUT2D eigenvalue weighted by atomic mass is 10.3. The number of imidazole rings is 1. The molecule has 0 fully saturated rings. The van der Waals surface area contributed by atoms with Gasteiger partial charge in [-0.15, -0.1) is 0 Å². The molecule has 29 heavy (non-hydrogen) atoms. The van der Waals surface area contributed by atoms with Gasteiger partial charge >= 0.3 is 0 Å². The monoisotopic (exact) mass is 394 g/mol. The van der Waals surface area contributed by atoms with E-state index in [1.54, 1.807) is 20.4 Å². The summed E-state index contributed by atoms with van der Waals surface area (Å²) in [5, 5.41) is 6.50. The Kier molecular flexibility index (Phi) is 7.05. The smallest absolute Gasteiger partial charge is 0.191 e. The summed E-state index contributed by atoms with van der Waals surface area (Å²) in [5.74, 6) is 4.07. The van der Waals surface area contributed by atoms with Gasteiger partial charge in [-0.25, -0.2) is 9.97 Å². The Balaban J connectivity index is 1.41. The molecular weight excluding hydrogens is 368 g/mol. The fourth-order valence-corrected chi connectivity index (χ4v) is 2.70. The van der Waals surface area contributed by atoms with Gasteiger partial charge in [0.2, 0.25) is 0 Å². The van der Waals surface area contributed by atoms with Crippen molar-refractivity contribution in [2.24, 2.45) is 4.99 Å². The number of pyridine rings is 1. The number of aromatic nitrogens is 3. The van der Waals surface area contributed by atoms with E-state index in [0.29, 0.717) is 25.7 Å². The Morgan fingerprint density at radius 2 is 1.86 bits per heavy atom. The van der Waals surface area contributed by atoms with Crippen LogP contribution in [-0.4, -0.2) is 47.8 Å². The minimum Gasteiger partial charge on any atom is -0.497 e. The average Bonchev–Trinajstić information content (AvgIpc) is 3.20. The van der Waals surface area contributed by atoms with Crippen molar-refractivity contribution in [2.75, 3.05) is 27.3 Å². The maximum Gasteiger partial charge on any atom is 0.191 e. The van der Waals surface area contributed by atoms with Crippen LogP contribution in [0.5, 0.6) is 11.5 Å². The fraction of sp³-hybridized carbons (Fsp3) is 0.286. The number of hydrogen-bond acceptors (Lipinski definition) is 5. The first-order valence-electron chi connectivity index (χ1n) is 9.36. The Hall–Kier alpha value is -3.55. The highest BCUT2D eigenvalue weighted by atomic mass is 16.5. The summed E-state index contributed by atoms with van der Waals surface area (Å²) in [5.41, 5.74) is 1.06. The first-order chi connectivity index (χ1) is 14.2. The van der Waals surface area contributed by atoms with Crippen molar-refractivity contribution >= 4 is 5.96 Å². The fourth-order valence-electron chi connectivity index (χ4n) is 2.70. The van der Waals surface area contributed by atoms with Crippen molar-refractivity contribution in [3.8, 4) is 17.3 Å². The van der Waals surface area contributed by atoms with Crippen LogP contribution in [0.15, 0.2) is 60.0 Å². The third-order valence-electron chi connectivity index (χ3n) is 4.29. The lowest BCUT2D eigenvalue weighted by molar-refractivity contribution is 0.321. The molecule has 0 aliphatic carbocycles. The van der Waals surface area contributed by atoms with E-state index < -0.39 is 0 Å². The van der Waals surface area contributed by atoms with Crippen LogP contribution in [0, 0.1) is 6.92 Å². The Labute approximate surface area is 170 Å². The highest BCUT2D eigenvalue weighted by Crippen LogP contribution is 2.16. The minimum absolute atomic E-state index is 0.521. The van der Waals surface area contributed by atoms with Gasteiger partial charge in [-0.2, -0.15) is 0 Å². The van der Waals surface area contributed by atoms with Gasteiger partial charge in [0.15, 0.2) is 5.96 Å². The zero-order valence-electron chi connectivity index (χ0n) is 16.9. The minimum atomic E-state index is 0.521. The molecule has 0 aliphatic heterocycles. The molecule has 3 aromatic rings. The lowest BCUT2D eigenvalue weighted by Crippen LogP contribution is -2.38. The summed E-state index contributed by atoms with van der Waals surface area (Å²) in [6.45, 7) is 3.72. The molecule has 8 heteroatoms. The third-order valence-corrected chi connectivity index (χ3v) is 4.29. The normalized spacial score (nSPS) is 11.2. The standard InChI is InChI=1S/C21H26N6O2/c1-16-23-10-12-27(16)20-9-4-17(14-25-20)15-26-21(22-2)24-11-13-29-19-7-5-18(28-3)6-8-19/h4-10,12,14H,11,13,15H2,1-3H3,(H2,22,24,26). The molecule has 2 N–H and O–H groups in total. The molecule has 3 rings (SSSR count). The highest BCUT2D eigenvalue weighted by Gasteiger charge is 2.03. The number of aliphatic imine (C=N–C) groups is 1. The lowest BCUT2D eigenvalue weighted by Gasteiger charge is -2.13. The van der Waals surface area contributed by atoms with E-state index >= 15 is 0 Å². The van der Waals surface area contributed by atoms with Gasteiger partial charge in [-0.05, 0) is 42.8 Å². The number of rotatable bonds is 8. The topological polar surface area (TPSA) is 85.6 Å². The molecular formula is C21H26N6O2. The Bertz CT molecular complexity index is 919. The van der Waals surface area contributed by atoms with Gasteiger partial charge in [-0.1, -0.05) is 6.07 Å². The summed E-state index contributed by atoms with van der Waals surface area (Å²) < 4.78 is 12.8. The quantitative estimate of drug-likeness (QED) is 0.347. The summed E-state index contributed by atoms with van der Waals surface area (Å²) in [4.78, 5) is 12.9. The number of nitrogens with one attached hydrogen (secondary N) is 2. The van der Waals surface area contributed by atoms with E-state index in [-0.39, 0.29) is 0 Å². The van der Waals surface area contributed by atoms with Crippen LogP contribution in [0.2, 0.25) is 0 Å². The van der Waals surface area contributed by atoms with E-state index in [0.717, 1.165) is 28.7 Å². The number of guanidine groups is 1. The summed E-state index contributed by atoms with van der Waals surface area (Å²) >= 11 is 0. The molecule has 0 radical (unpaired) electrons. The zero-order valence-corrected chi connectivity index (χ0v) is 16.9. The molecule has 2 aromatic heterocycles. The largest absolute Gasteiger partial charge is 0.497 e. The van der Waals surface area contributed by atoms with Crippen molar-refractivity contribution in [2.45, 2.75) is 13.5 Å². The molecule has 0 amide bonds. The number of hydrogen-bond donors (Lipinski definition) is 2. The zero-order chi connectivity index (χ0) is 20.5. The Morgan fingerprint density at radius 3 is 2.48 bits per heavy atom. The van der Waals surface area contributed by atoms with Crippen LogP contribution in [0.25, 0.3) is 5.82 Å². The molecule has 0 saturated heterocycles. The van der Waals surface area contributed by atoms with E-state index in [1.807, 2.05) is 60.3 Å². The van der Waals surface area contributed by atoms with Crippen LogP contribution in [0.3, 0.4) is 0 Å². The van der Waals surface area contributed by atoms with E-state index in [1.165, 1.54) is 0 Å². The van der Waals surface area contributed by atoms with Gasteiger partial charge in [0, 0.05) is 32.2 Å². The van der Waals surface area contributed by atoms with Crippen molar-refractivity contribution in [3.63, 3.8) is 0 Å². The molecule has 0 aliphatic rings. The van der Waals surface area contributed by atoms with Gasteiger partial charge in [0.05, 0.1) is 13.7 Å². The van der Waals surface area contributed by atoms with Crippen molar-refractivity contribution in [1.82, 2.24) is 25.2 Å². The second-order valence-electron chi connectivity index (χ2n) is 6.25. The first kappa shape index (κ1) is 20.2. The predicted octanol–water partition coefficient (Wildman–Crippen LogP) is 2.33. The average molecular weight is 394 g/mol. The molecule has 0 spiro atoms. The maximum absolute atomic E-state index is 5.70. The summed E-state index contributed by atoms with van der Waals surface area (Å²) in [6, 6.07) is 11.5. The maximum atomic E-state index is 5.70. The Morgan fingerprint density at radius 1 is 1.07 bits per heavy atom. The molecule has 152 valence electrons. The molecule has 0 unspecified atom stereocenters. The van der Waals surface area contributed by atoms with E-state index in [4.69, 9.17) is 9.47 Å². The van der Waals surface area contributed by atoms with Gasteiger partial charge < -0.3 is 20.1 Å². The third kappa shape index (κ3) is 5.71. The molecule has 0 saturated carbocycles. The van der Waals surface area contributed by atoms with Crippen LogP contribution < -0.4 is 20.1 Å². The first-order valence-corrected chi connectivity index (χ1v) is 9.36. The second kappa shape index (κ2) is 10.1. The number of benzene rings is 1. The number of methoxy groups -OCH3 is 1. The van der Waals surface area contributed by atoms with Crippen LogP contribution in [-0.2, 0) is 6.54 Å². The van der Waals surface area contributed by atoms with Crippen LogP contribution in [0.4, 0.5) is 0 Å². The molecule has 2 heterocycles. The molecule has 0 bridgehead atoms. The van der Waals surface area contributed by atoms with Gasteiger partial charge in [0.25, 0.3) is 0 Å². The van der Waals surface area contributed by atoms with E-state index in [2.05, 4.69) is 25.6 Å². The highest BCUT2D eigenvalue weighted by molar-refractivity contribution is 5.79. The SMILES string of the molecule is CN=C(NCCOc1ccc(OC)cc1)NCc1ccc(-n2ccnc2C)nc1. The van der Waals surface area contributed by atoms with Gasteiger partial charge in [-0.3, -0.25) is 9.56 Å². The van der Waals surface area contributed by atoms with E-state index in [9.17, 15) is 0 Å². The van der Waals surface area contributed by atoms with Crippen molar-refractivity contribution in [1.29, 1.82) is 0 Å². The van der Waals surface area contributed by atoms with Crippen LogP contribution >= 0.6 is 0 Å². The molecule has 8 nitrogen and oxygen atoms in total. The predicted molar refractivity (Wildman–Crippen MR) is 113 cm³/mol. The number of nitrogens with zero attached hydrogens (tertiary/aromatic N) is 4. The number of ether oxygens (including phenoxy) is 2. The van der Waals surface area contributed by atoms with Crippen LogP contribution in [0.1, 0.15) is 11.4 Å². The number of aryl methyl sites for hydroxylation is 1. The van der Waals surface area contributed by atoms with Crippen molar-refractivity contribution in [3.05, 3.63) is 66.4 Å². The molecule has 0 atom stereocenters. The second-order valence-corrected chi connectivity index (χ2v) is 6.25. The summed E-state index contributed by atoms with van der Waals surface area (Å²) in [6.07, 6.45) is 5.51. The summed E-state index contributed by atoms with van der Waals surface area (Å²) in [7, 11) is 3.38.